The molecule has 0 aliphatic heterocycles. The molecule has 1 heterocycles. The molecule has 20 heavy (non-hydrogen) atoms. The van der Waals surface area contributed by atoms with Gasteiger partial charge >= 0.3 is 0 Å². The van der Waals surface area contributed by atoms with Gasteiger partial charge in [-0.2, -0.15) is 15.4 Å². The van der Waals surface area contributed by atoms with Gasteiger partial charge in [0.2, 0.25) is 0 Å². The molecule has 0 unspecified atom stereocenters. The Morgan fingerprint density at radius 2 is 1.80 bits per heavy atom. The molecule has 2 aromatic carbocycles. The predicted octanol–water partition coefficient (Wildman–Crippen LogP) is 2.83. The number of anilines is 1. The summed E-state index contributed by atoms with van der Waals surface area (Å²) in [6.07, 6.45) is 0. The van der Waals surface area contributed by atoms with E-state index in [4.69, 9.17) is 0 Å². The second-order valence-corrected chi connectivity index (χ2v) is 4.78. The maximum absolute atomic E-state index is 12.2. The van der Waals surface area contributed by atoms with E-state index in [1.807, 2.05) is 32.0 Å². The fourth-order valence-corrected chi connectivity index (χ4v) is 2.00. The lowest BCUT2D eigenvalue weighted by atomic mass is 10.1. The van der Waals surface area contributed by atoms with Crippen molar-refractivity contribution in [3.05, 3.63) is 53.1 Å². The highest BCUT2D eigenvalue weighted by Gasteiger charge is 2.08. The maximum Gasteiger partial charge on any atom is 0.255 e. The smallest absolute Gasteiger partial charge is 0.255 e. The molecular weight excluding hydrogens is 252 g/mol. The minimum Gasteiger partial charge on any atom is -0.322 e. The van der Waals surface area contributed by atoms with E-state index in [1.54, 1.807) is 18.2 Å². The van der Waals surface area contributed by atoms with E-state index in [2.05, 4.69) is 20.7 Å². The van der Waals surface area contributed by atoms with Gasteiger partial charge in [0.15, 0.2) is 0 Å². The molecule has 0 atom stereocenters. The molecule has 2 N–H and O–H groups in total. The molecule has 3 aromatic rings. The van der Waals surface area contributed by atoms with Crippen LogP contribution in [0, 0.1) is 13.8 Å². The quantitative estimate of drug-likeness (QED) is 0.749. The molecule has 100 valence electrons. The molecular formula is C15H14N4O. The third-order valence-corrected chi connectivity index (χ3v) is 3.34. The van der Waals surface area contributed by atoms with Crippen LogP contribution in [-0.4, -0.2) is 21.3 Å². The van der Waals surface area contributed by atoms with Crippen LogP contribution in [0.4, 0.5) is 5.69 Å². The van der Waals surface area contributed by atoms with E-state index in [-0.39, 0.29) is 5.91 Å². The van der Waals surface area contributed by atoms with E-state index in [0.29, 0.717) is 11.1 Å². The number of carbonyl (C=O) groups excluding carboxylic acids is 1. The van der Waals surface area contributed by atoms with Gasteiger partial charge in [0, 0.05) is 11.3 Å². The number of amides is 1. The Labute approximate surface area is 116 Å². The summed E-state index contributed by atoms with van der Waals surface area (Å²) >= 11 is 0. The van der Waals surface area contributed by atoms with E-state index in [1.165, 1.54) is 5.56 Å². The van der Waals surface area contributed by atoms with Gasteiger partial charge in [-0.1, -0.05) is 6.07 Å². The van der Waals surface area contributed by atoms with Gasteiger partial charge in [0.25, 0.3) is 5.91 Å². The van der Waals surface area contributed by atoms with Crippen molar-refractivity contribution in [2.24, 2.45) is 0 Å². The number of benzene rings is 2. The number of fused-ring (bicyclic) bond motifs is 1. The van der Waals surface area contributed by atoms with Crippen molar-refractivity contribution in [2.75, 3.05) is 5.32 Å². The van der Waals surface area contributed by atoms with Crippen LogP contribution in [0.2, 0.25) is 0 Å². The van der Waals surface area contributed by atoms with Crippen molar-refractivity contribution < 1.29 is 4.79 Å². The van der Waals surface area contributed by atoms with Crippen LogP contribution in [-0.2, 0) is 0 Å². The van der Waals surface area contributed by atoms with Gasteiger partial charge in [-0.05, 0) is 55.3 Å². The first kappa shape index (κ1) is 12.3. The van der Waals surface area contributed by atoms with E-state index >= 15 is 0 Å². The third kappa shape index (κ3) is 2.25. The number of aromatic amines is 1. The van der Waals surface area contributed by atoms with Crippen LogP contribution in [0.25, 0.3) is 11.0 Å². The first-order valence-corrected chi connectivity index (χ1v) is 6.32. The summed E-state index contributed by atoms with van der Waals surface area (Å²) in [5.74, 6) is -0.154. The average Bonchev–Trinajstić information content (AvgIpc) is 2.90. The summed E-state index contributed by atoms with van der Waals surface area (Å²) in [5.41, 5.74) is 5.12. The summed E-state index contributed by atoms with van der Waals surface area (Å²) in [5, 5.41) is 13.4. The van der Waals surface area contributed by atoms with Crippen molar-refractivity contribution in [1.82, 2.24) is 15.4 Å². The van der Waals surface area contributed by atoms with Crippen LogP contribution in [0.1, 0.15) is 21.5 Å². The van der Waals surface area contributed by atoms with Crippen molar-refractivity contribution in [1.29, 1.82) is 0 Å². The lowest BCUT2D eigenvalue weighted by Crippen LogP contribution is -2.11. The minimum atomic E-state index is -0.154. The zero-order valence-electron chi connectivity index (χ0n) is 11.3. The zero-order chi connectivity index (χ0) is 14.1. The first-order valence-electron chi connectivity index (χ1n) is 6.32. The number of H-pyrrole nitrogens is 1. The summed E-state index contributed by atoms with van der Waals surface area (Å²) in [6.45, 7) is 4.06. The van der Waals surface area contributed by atoms with Gasteiger partial charge in [0.1, 0.15) is 11.0 Å². The molecule has 0 fully saturated rings. The Hall–Kier alpha value is -2.69. The highest BCUT2D eigenvalue weighted by Crippen LogP contribution is 2.16. The largest absolute Gasteiger partial charge is 0.322 e. The minimum absolute atomic E-state index is 0.154. The Kier molecular flexibility index (Phi) is 2.95. The van der Waals surface area contributed by atoms with Crippen LogP contribution in [0.5, 0.6) is 0 Å². The highest BCUT2D eigenvalue weighted by molar-refractivity contribution is 6.05. The monoisotopic (exact) mass is 266 g/mol. The Morgan fingerprint density at radius 3 is 2.60 bits per heavy atom. The third-order valence-electron chi connectivity index (χ3n) is 3.34. The summed E-state index contributed by atoms with van der Waals surface area (Å²) in [6, 6.07) is 11.1. The van der Waals surface area contributed by atoms with Crippen LogP contribution in [0.3, 0.4) is 0 Å². The van der Waals surface area contributed by atoms with Crippen molar-refractivity contribution >= 4 is 22.6 Å². The second-order valence-electron chi connectivity index (χ2n) is 4.78. The number of hydrogen-bond acceptors (Lipinski definition) is 3. The van der Waals surface area contributed by atoms with Crippen LogP contribution >= 0.6 is 0 Å². The molecule has 3 rings (SSSR count). The highest BCUT2D eigenvalue weighted by atomic mass is 16.1. The molecule has 0 radical (unpaired) electrons. The van der Waals surface area contributed by atoms with Crippen LogP contribution < -0.4 is 5.32 Å². The standard InChI is InChI=1S/C15H14N4O/c1-9-3-5-12(7-10(9)2)16-15(20)11-4-6-13-14(8-11)18-19-17-13/h3-8H,1-2H3,(H,16,20)(H,17,18,19). The maximum atomic E-state index is 12.2. The molecule has 0 aliphatic carbocycles. The number of nitrogens with zero attached hydrogens (tertiary/aromatic N) is 2. The van der Waals surface area contributed by atoms with Crippen LogP contribution in [0.15, 0.2) is 36.4 Å². The van der Waals surface area contributed by atoms with Gasteiger partial charge in [-0.3, -0.25) is 4.79 Å². The van der Waals surface area contributed by atoms with Crippen molar-refractivity contribution in [3.8, 4) is 0 Å². The number of rotatable bonds is 2. The Balaban J connectivity index is 1.86. The van der Waals surface area contributed by atoms with E-state index < -0.39 is 0 Å². The summed E-state index contributed by atoms with van der Waals surface area (Å²) in [7, 11) is 0. The second kappa shape index (κ2) is 4.77. The normalized spacial score (nSPS) is 10.7. The van der Waals surface area contributed by atoms with Gasteiger partial charge in [0.05, 0.1) is 0 Å². The van der Waals surface area contributed by atoms with E-state index in [0.717, 1.165) is 16.8 Å². The number of aryl methyl sites for hydroxylation is 2. The number of hydrogen-bond donors (Lipinski definition) is 2. The molecule has 0 bridgehead atoms. The fourth-order valence-electron chi connectivity index (χ4n) is 2.00. The van der Waals surface area contributed by atoms with Gasteiger partial charge < -0.3 is 5.32 Å². The van der Waals surface area contributed by atoms with E-state index in [9.17, 15) is 4.79 Å². The summed E-state index contributed by atoms with van der Waals surface area (Å²) < 4.78 is 0. The van der Waals surface area contributed by atoms with Gasteiger partial charge in [-0.25, -0.2) is 0 Å². The van der Waals surface area contributed by atoms with Gasteiger partial charge in [-0.15, -0.1) is 0 Å². The summed E-state index contributed by atoms with van der Waals surface area (Å²) in [4.78, 5) is 12.2. The Morgan fingerprint density at radius 1 is 1.00 bits per heavy atom. The Bertz CT molecular complexity index is 791. The molecule has 5 heteroatoms. The van der Waals surface area contributed by atoms with Crippen molar-refractivity contribution in [3.63, 3.8) is 0 Å². The molecule has 5 nitrogen and oxygen atoms in total. The lowest BCUT2D eigenvalue weighted by molar-refractivity contribution is 0.102. The number of nitrogens with one attached hydrogen (secondary N) is 2. The van der Waals surface area contributed by atoms with Crippen molar-refractivity contribution in [2.45, 2.75) is 13.8 Å². The first-order chi connectivity index (χ1) is 9.63. The molecule has 0 saturated heterocycles. The molecule has 1 amide bonds. The predicted molar refractivity (Wildman–Crippen MR) is 77.8 cm³/mol. The molecule has 1 aromatic heterocycles. The average molecular weight is 266 g/mol. The lowest BCUT2D eigenvalue weighted by Gasteiger charge is -2.07. The molecule has 0 spiro atoms. The number of aromatic nitrogens is 3. The zero-order valence-corrected chi connectivity index (χ0v) is 11.3. The molecule has 0 saturated carbocycles. The fraction of sp³-hybridized carbons (Fsp3) is 0.133. The topological polar surface area (TPSA) is 70.7 Å². The number of carbonyl (C=O) groups is 1. The SMILES string of the molecule is Cc1ccc(NC(=O)c2ccc3n[nH]nc3c2)cc1C. The molecule has 0 aliphatic rings.